The van der Waals surface area contributed by atoms with Crippen molar-refractivity contribution in [2.24, 2.45) is 0 Å². The van der Waals surface area contributed by atoms with Gasteiger partial charge in [-0.3, -0.25) is 4.79 Å². The molecular formula is C22H28N5O3+. The Kier molecular flexibility index (Phi) is 5.87. The van der Waals surface area contributed by atoms with E-state index in [0.29, 0.717) is 16.7 Å². The molecule has 4 rings (SSSR count). The van der Waals surface area contributed by atoms with Crippen molar-refractivity contribution in [3.8, 4) is 0 Å². The van der Waals surface area contributed by atoms with Crippen LogP contribution in [0.4, 0.5) is 11.4 Å². The number of benzene rings is 2. The van der Waals surface area contributed by atoms with Crippen LogP contribution in [0.2, 0.25) is 0 Å². The molecule has 0 bridgehead atoms. The van der Waals surface area contributed by atoms with Crippen LogP contribution in [0.3, 0.4) is 0 Å². The molecule has 8 heteroatoms. The summed E-state index contributed by atoms with van der Waals surface area (Å²) in [6.07, 6.45) is 0. The zero-order chi connectivity index (χ0) is 21.1. The second-order valence-electron chi connectivity index (χ2n) is 7.80. The average molecular weight is 410 g/mol. The molecule has 1 aliphatic rings. The molecule has 0 spiro atoms. The molecule has 30 heavy (non-hydrogen) atoms. The first kappa shape index (κ1) is 20.2. The Morgan fingerprint density at radius 2 is 1.90 bits per heavy atom. The SMILES string of the molecule is C[C@H](C(=O)Nc1ccc2[nH]c(=O)[nH]c2c1)[NH+](C)Cc1ccccc1N1CCOCC1. The van der Waals surface area contributed by atoms with Gasteiger partial charge in [-0.25, -0.2) is 4.79 Å². The minimum Gasteiger partial charge on any atom is -0.378 e. The van der Waals surface area contributed by atoms with E-state index in [-0.39, 0.29) is 17.6 Å². The summed E-state index contributed by atoms with van der Waals surface area (Å²) in [5.74, 6) is -0.0615. The molecule has 1 amide bonds. The first-order chi connectivity index (χ1) is 14.5. The van der Waals surface area contributed by atoms with E-state index in [9.17, 15) is 9.59 Å². The first-order valence-electron chi connectivity index (χ1n) is 10.3. The van der Waals surface area contributed by atoms with Crippen LogP contribution >= 0.6 is 0 Å². The molecule has 1 unspecified atom stereocenters. The molecule has 4 N–H and O–H groups in total. The lowest BCUT2D eigenvalue weighted by Gasteiger charge is -2.31. The number of aromatic nitrogens is 2. The number of amides is 1. The summed E-state index contributed by atoms with van der Waals surface area (Å²) >= 11 is 0. The third kappa shape index (κ3) is 4.39. The van der Waals surface area contributed by atoms with Gasteiger partial charge in [0, 0.05) is 30.0 Å². The number of carbonyl (C=O) groups is 1. The fourth-order valence-corrected chi connectivity index (χ4v) is 3.81. The third-order valence-electron chi connectivity index (χ3n) is 5.73. The maximum absolute atomic E-state index is 12.8. The van der Waals surface area contributed by atoms with Crippen LogP contribution in [-0.4, -0.2) is 55.3 Å². The molecule has 3 aromatic rings. The second kappa shape index (κ2) is 8.73. The zero-order valence-electron chi connectivity index (χ0n) is 17.3. The van der Waals surface area contributed by atoms with E-state index < -0.39 is 0 Å². The van der Waals surface area contributed by atoms with Crippen molar-refractivity contribution in [2.45, 2.75) is 19.5 Å². The van der Waals surface area contributed by atoms with Gasteiger partial charge in [0.15, 0.2) is 6.04 Å². The van der Waals surface area contributed by atoms with Crippen LogP contribution in [-0.2, 0) is 16.1 Å². The van der Waals surface area contributed by atoms with Crippen molar-refractivity contribution in [2.75, 3.05) is 43.6 Å². The molecule has 0 saturated carbocycles. The summed E-state index contributed by atoms with van der Waals surface area (Å²) in [6, 6.07) is 13.5. The molecule has 2 heterocycles. The van der Waals surface area contributed by atoms with Crippen molar-refractivity contribution >= 4 is 28.3 Å². The van der Waals surface area contributed by atoms with E-state index in [1.165, 1.54) is 11.3 Å². The summed E-state index contributed by atoms with van der Waals surface area (Å²) in [5.41, 5.74) is 4.23. The number of nitrogens with one attached hydrogen (secondary N) is 4. The number of hydrogen-bond acceptors (Lipinski definition) is 4. The summed E-state index contributed by atoms with van der Waals surface area (Å²) < 4.78 is 5.48. The van der Waals surface area contributed by atoms with Crippen LogP contribution in [0, 0.1) is 0 Å². The van der Waals surface area contributed by atoms with Gasteiger partial charge in [0.05, 0.1) is 31.3 Å². The maximum atomic E-state index is 12.8. The lowest BCUT2D eigenvalue weighted by Crippen LogP contribution is -3.12. The molecule has 1 saturated heterocycles. The highest BCUT2D eigenvalue weighted by Crippen LogP contribution is 2.21. The molecule has 2 atom stereocenters. The van der Waals surface area contributed by atoms with Crippen molar-refractivity contribution < 1.29 is 14.4 Å². The minimum absolute atomic E-state index is 0.0615. The van der Waals surface area contributed by atoms with Crippen LogP contribution in [0.25, 0.3) is 11.0 Å². The Hall–Kier alpha value is -3.10. The highest BCUT2D eigenvalue weighted by Gasteiger charge is 2.24. The Balaban J connectivity index is 1.43. The topological polar surface area (TPSA) is 94.7 Å². The van der Waals surface area contributed by atoms with E-state index in [2.05, 4.69) is 38.4 Å². The van der Waals surface area contributed by atoms with Crippen LogP contribution in [0.5, 0.6) is 0 Å². The highest BCUT2D eigenvalue weighted by molar-refractivity contribution is 5.95. The number of morpholine rings is 1. The second-order valence-corrected chi connectivity index (χ2v) is 7.80. The van der Waals surface area contributed by atoms with Crippen molar-refractivity contribution in [3.05, 3.63) is 58.5 Å². The van der Waals surface area contributed by atoms with E-state index in [0.717, 1.165) is 37.7 Å². The van der Waals surface area contributed by atoms with Crippen molar-refractivity contribution in [3.63, 3.8) is 0 Å². The van der Waals surface area contributed by atoms with E-state index in [1.807, 2.05) is 20.0 Å². The number of hydrogen-bond donors (Lipinski definition) is 4. The number of quaternary nitrogens is 1. The number of carbonyl (C=O) groups excluding carboxylic acids is 1. The van der Waals surface area contributed by atoms with Gasteiger partial charge in [-0.1, -0.05) is 18.2 Å². The number of fused-ring (bicyclic) bond motifs is 1. The largest absolute Gasteiger partial charge is 0.378 e. The van der Waals surface area contributed by atoms with E-state index in [4.69, 9.17) is 4.74 Å². The van der Waals surface area contributed by atoms with Gasteiger partial charge in [0.2, 0.25) is 0 Å². The third-order valence-corrected chi connectivity index (χ3v) is 5.73. The normalized spacial score (nSPS) is 16.4. The minimum atomic E-state index is -0.259. The zero-order valence-corrected chi connectivity index (χ0v) is 17.3. The number of para-hydroxylation sites is 1. The molecular weight excluding hydrogens is 382 g/mol. The fraction of sp³-hybridized carbons (Fsp3) is 0.364. The first-order valence-corrected chi connectivity index (χ1v) is 10.3. The maximum Gasteiger partial charge on any atom is 0.323 e. The Morgan fingerprint density at radius 3 is 2.70 bits per heavy atom. The smallest absolute Gasteiger partial charge is 0.323 e. The van der Waals surface area contributed by atoms with E-state index in [1.54, 1.807) is 18.2 Å². The van der Waals surface area contributed by atoms with Gasteiger partial charge in [-0.05, 0) is 31.2 Å². The summed E-state index contributed by atoms with van der Waals surface area (Å²) in [5, 5.41) is 2.97. The van der Waals surface area contributed by atoms with Gasteiger partial charge in [0.1, 0.15) is 6.54 Å². The lowest BCUT2D eigenvalue weighted by molar-refractivity contribution is -0.907. The van der Waals surface area contributed by atoms with Gasteiger partial charge in [-0.15, -0.1) is 0 Å². The Morgan fingerprint density at radius 1 is 1.17 bits per heavy atom. The van der Waals surface area contributed by atoms with Crippen LogP contribution < -0.4 is 20.8 Å². The van der Waals surface area contributed by atoms with Crippen molar-refractivity contribution in [1.29, 1.82) is 0 Å². The Bertz CT molecular complexity index is 1080. The predicted octanol–water partition coefficient (Wildman–Crippen LogP) is 0.735. The average Bonchev–Trinajstić information content (AvgIpc) is 3.13. The number of nitrogens with zero attached hydrogens (tertiary/aromatic N) is 1. The van der Waals surface area contributed by atoms with Crippen molar-refractivity contribution in [1.82, 2.24) is 9.97 Å². The molecule has 158 valence electrons. The van der Waals surface area contributed by atoms with Gasteiger partial charge in [-0.2, -0.15) is 0 Å². The molecule has 1 aliphatic heterocycles. The number of H-pyrrole nitrogens is 2. The molecule has 1 aromatic heterocycles. The van der Waals surface area contributed by atoms with Gasteiger partial charge >= 0.3 is 5.69 Å². The van der Waals surface area contributed by atoms with Crippen LogP contribution in [0.1, 0.15) is 12.5 Å². The molecule has 0 aliphatic carbocycles. The number of rotatable bonds is 6. The molecule has 0 radical (unpaired) electrons. The number of ether oxygens (including phenoxy) is 1. The Labute approximate surface area is 174 Å². The molecule has 2 aromatic carbocycles. The van der Waals surface area contributed by atoms with Crippen LogP contribution in [0.15, 0.2) is 47.3 Å². The fourth-order valence-electron chi connectivity index (χ4n) is 3.81. The molecule has 1 fully saturated rings. The number of likely N-dealkylation sites (N-methyl/N-ethyl adjacent to an activating group) is 1. The monoisotopic (exact) mass is 410 g/mol. The summed E-state index contributed by atoms with van der Waals surface area (Å²) in [7, 11) is 2.03. The summed E-state index contributed by atoms with van der Waals surface area (Å²) in [6.45, 7) is 5.93. The van der Waals surface area contributed by atoms with Gasteiger partial charge < -0.3 is 29.8 Å². The molecule has 8 nitrogen and oxygen atoms in total. The quantitative estimate of drug-likeness (QED) is 0.482. The lowest BCUT2D eigenvalue weighted by atomic mass is 10.1. The highest BCUT2D eigenvalue weighted by atomic mass is 16.5. The number of imidazole rings is 1. The standard InChI is InChI=1S/C22H27N5O3/c1-15(21(28)23-17-7-8-18-19(13-17)25-22(29)24-18)26(2)14-16-5-3-4-6-20(16)27-9-11-30-12-10-27/h3-8,13,15H,9-12,14H2,1-2H3,(H,23,28)(H2,24,25,29)/p+1/t15-/m1/s1. The van der Waals surface area contributed by atoms with E-state index >= 15 is 0 Å². The number of aromatic amines is 2. The van der Waals surface area contributed by atoms with Gasteiger partial charge in [0.25, 0.3) is 5.91 Å². The predicted molar refractivity (Wildman–Crippen MR) is 117 cm³/mol. The summed E-state index contributed by atoms with van der Waals surface area (Å²) in [4.78, 5) is 33.1. The number of anilines is 2.